The van der Waals surface area contributed by atoms with Crippen molar-refractivity contribution in [2.24, 2.45) is 0 Å². The molecule has 5 heteroatoms. The molecule has 0 amide bonds. The van der Waals surface area contributed by atoms with Crippen molar-refractivity contribution in [2.45, 2.75) is 18.9 Å². The Hall–Kier alpha value is -2.40. The van der Waals surface area contributed by atoms with Gasteiger partial charge in [0.1, 0.15) is 6.04 Å². The quantitative estimate of drug-likeness (QED) is 0.598. The van der Waals surface area contributed by atoms with Gasteiger partial charge in [-0.3, -0.25) is 0 Å². The fraction of sp³-hybridized carbons (Fsp3) is 0.368. The Balaban J connectivity index is 2.02. The molecule has 0 saturated heterocycles. The van der Waals surface area contributed by atoms with Gasteiger partial charge in [-0.2, -0.15) is 0 Å². The molecule has 5 nitrogen and oxygen atoms in total. The fourth-order valence-electron chi connectivity index (χ4n) is 3.53. The number of phenolic OH excluding ortho intramolecular Hbond substituents is 3. The molecule has 0 fully saturated rings. The highest BCUT2D eigenvalue weighted by atomic mass is 16.5. The fourth-order valence-corrected chi connectivity index (χ4v) is 3.53. The van der Waals surface area contributed by atoms with Crippen LogP contribution >= 0.6 is 0 Å². The zero-order valence-electron chi connectivity index (χ0n) is 14.3. The summed E-state index contributed by atoms with van der Waals surface area (Å²) in [5.74, 6) is 0.434. The van der Waals surface area contributed by atoms with E-state index in [4.69, 9.17) is 4.74 Å². The summed E-state index contributed by atoms with van der Waals surface area (Å²) in [4.78, 5) is 0. The molecule has 3 rings (SSSR count). The Labute approximate surface area is 142 Å². The standard InChI is InChI=1S/C19H23NO4/c1-20(2)7-6-13-10-19(24-3)18(23)11-14(13)15(20)8-12-4-5-16(21)17(22)9-12/h4-5,9-11,15H,6-8H2,1-3H3,(H2-,21,22,23)/p+1. The van der Waals surface area contributed by atoms with Crippen LogP contribution < -0.4 is 4.74 Å². The number of ether oxygens (including phenoxy) is 1. The molecular weight excluding hydrogens is 306 g/mol. The molecule has 2 aromatic rings. The number of rotatable bonds is 3. The molecule has 0 spiro atoms. The summed E-state index contributed by atoms with van der Waals surface area (Å²) in [6.45, 7) is 0.982. The smallest absolute Gasteiger partial charge is 0.160 e. The van der Waals surface area contributed by atoms with Crippen LogP contribution in [0.2, 0.25) is 0 Å². The lowest BCUT2D eigenvalue weighted by Crippen LogP contribution is -2.48. The number of phenols is 3. The minimum atomic E-state index is -0.112. The highest BCUT2D eigenvalue weighted by Gasteiger charge is 2.36. The first-order chi connectivity index (χ1) is 11.3. The third-order valence-electron chi connectivity index (χ3n) is 5.07. The number of fused-ring (bicyclic) bond motifs is 1. The van der Waals surface area contributed by atoms with E-state index in [0.717, 1.165) is 28.6 Å². The number of hydrogen-bond acceptors (Lipinski definition) is 4. The molecule has 2 aromatic carbocycles. The van der Waals surface area contributed by atoms with Crippen LogP contribution in [-0.2, 0) is 12.8 Å². The zero-order chi connectivity index (χ0) is 17.5. The third-order valence-corrected chi connectivity index (χ3v) is 5.07. The van der Waals surface area contributed by atoms with E-state index in [-0.39, 0.29) is 23.3 Å². The summed E-state index contributed by atoms with van der Waals surface area (Å²) in [5.41, 5.74) is 3.25. The number of likely N-dealkylation sites (N-methyl/N-ethyl adjacent to an activating group) is 1. The van der Waals surface area contributed by atoms with Gasteiger partial charge in [0.05, 0.1) is 27.7 Å². The van der Waals surface area contributed by atoms with Crippen LogP contribution in [0.25, 0.3) is 0 Å². The number of nitrogens with zero attached hydrogens (tertiary/aromatic N) is 1. The molecule has 0 saturated carbocycles. The first kappa shape index (κ1) is 16.5. The monoisotopic (exact) mass is 330 g/mol. The molecule has 0 bridgehead atoms. The van der Waals surface area contributed by atoms with Crippen molar-refractivity contribution in [2.75, 3.05) is 27.7 Å². The van der Waals surface area contributed by atoms with Crippen LogP contribution in [0.1, 0.15) is 22.7 Å². The Bertz CT molecular complexity index is 770. The summed E-state index contributed by atoms with van der Waals surface area (Å²) in [5, 5.41) is 29.5. The van der Waals surface area contributed by atoms with Gasteiger partial charge in [-0.1, -0.05) is 6.07 Å². The molecule has 1 aliphatic rings. The zero-order valence-corrected chi connectivity index (χ0v) is 14.3. The van der Waals surface area contributed by atoms with Gasteiger partial charge in [-0.05, 0) is 35.4 Å². The van der Waals surface area contributed by atoms with Crippen LogP contribution in [-0.4, -0.2) is 47.6 Å². The highest BCUT2D eigenvalue weighted by Crippen LogP contribution is 2.41. The average Bonchev–Trinajstić information content (AvgIpc) is 2.53. The molecule has 3 N–H and O–H groups in total. The van der Waals surface area contributed by atoms with Gasteiger partial charge in [0.25, 0.3) is 0 Å². The minimum absolute atomic E-state index is 0.105. The van der Waals surface area contributed by atoms with Gasteiger partial charge in [-0.15, -0.1) is 0 Å². The number of aromatic hydroxyl groups is 3. The Morgan fingerprint density at radius 2 is 1.79 bits per heavy atom. The number of methoxy groups -OCH3 is 1. The predicted octanol–water partition coefficient (Wildman–Crippen LogP) is 2.73. The predicted molar refractivity (Wildman–Crippen MR) is 91.6 cm³/mol. The molecular formula is C19H24NO4+. The Morgan fingerprint density at radius 1 is 1.04 bits per heavy atom. The lowest BCUT2D eigenvalue weighted by Gasteiger charge is -2.43. The van der Waals surface area contributed by atoms with E-state index in [1.165, 1.54) is 11.6 Å². The maximum Gasteiger partial charge on any atom is 0.160 e. The van der Waals surface area contributed by atoms with E-state index in [9.17, 15) is 15.3 Å². The number of benzene rings is 2. The van der Waals surface area contributed by atoms with Crippen LogP contribution in [0, 0.1) is 0 Å². The summed E-state index contributed by atoms with van der Waals surface area (Å²) >= 11 is 0. The van der Waals surface area contributed by atoms with Crippen LogP contribution in [0.4, 0.5) is 0 Å². The first-order valence-corrected chi connectivity index (χ1v) is 8.05. The van der Waals surface area contributed by atoms with Gasteiger partial charge in [0, 0.05) is 18.4 Å². The second-order valence-electron chi connectivity index (χ2n) is 7.02. The second kappa shape index (κ2) is 5.91. The SMILES string of the molecule is COc1cc2c(cc1O)C(Cc1ccc(O)c(O)c1)[N+](C)(C)CC2. The molecule has 1 heterocycles. The number of quaternary nitrogens is 1. The number of hydrogen-bond donors (Lipinski definition) is 3. The summed E-state index contributed by atoms with van der Waals surface area (Å²) in [7, 11) is 5.91. The Morgan fingerprint density at radius 3 is 2.46 bits per heavy atom. The van der Waals surface area contributed by atoms with E-state index >= 15 is 0 Å². The van der Waals surface area contributed by atoms with Crippen molar-refractivity contribution < 1.29 is 24.5 Å². The first-order valence-electron chi connectivity index (χ1n) is 8.05. The average molecular weight is 330 g/mol. The molecule has 1 atom stereocenters. The normalized spacial score (nSPS) is 18.9. The summed E-state index contributed by atoms with van der Waals surface area (Å²) < 4.78 is 6.02. The maximum absolute atomic E-state index is 10.2. The van der Waals surface area contributed by atoms with Crippen molar-refractivity contribution in [3.63, 3.8) is 0 Å². The van der Waals surface area contributed by atoms with E-state index in [1.807, 2.05) is 12.1 Å². The van der Waals surface area contributed by atoms with E-state index in [2.05, 4.69) is 14.1 Å². The van der Waals surface area contributed by atoms with Crippen molar-refractivity contribution in [3.8, 4) is 23.0 Å². The van der Waals surface area contributed by atoms with Gasteiger partial charge in [0.15, 0.2) is 23.0 Å². The summed E-state index contributed by atoms with van der Waals surface area (Å²) in [6, 6.07) is 8.82. The highest BCUT2D eigenvalue weighted by molar-refractivity contribution is 5.48. The van der Waals surface area contributed by atoms with Gasteiger partial charge >= 0.3 is 0 Å². The van der Waals surface area contributed by atoms with Gasteiger partial charge in [0.2, 0.25) is 0 Å². The van der Waals surface area contributed by atoms with Crippen molar-refractivity contribution in [3.05, 3.63) is 47.0 Å². The molecule has 24 heavy (non-hydrogen) atoms. The van der Waals surface area contributed by atoms with Crippen molar-refractivity contribution >= 4 is 0 Å². The van der Waals surface area contributed by atoms with E-state index in [1.54, 1.807) is 19.2 Å². The van der Waals surface area contributed by atoms with E-state index < -0.39 is 0 Å². The molecule has 1 unspecified atom stereocenters. The Kier molecular flexibility index (Phi) is 4.05. The van der Waals surface area contributed by atoms with Crippen molar-refractivity contribution in [1.29, 1.82) is 0 Å². The lowest BCUT2D eigenvalue weighted by molar-refractivity contribution is -0.923. The van der Waals surface area contributed by atoms with E-state index in [0.29, 0.717) is 12.2 Å². The molecule has 0 aromatic heterocycles. The van der Waals surface area contributed by atoms with Crippen molar-refractivity contribution in [1.82, 2.24) is 0 Å². The largest absolute Gasteiger partial charge is 0.504 e. The minimum Gasteiger partial charge on any atom is -0.504 e. The lowest BCUT2D eigenvalue weighted by atomic mass is 9.87. The third kappa shape index (κ3) is 2.87. The second-order valence-corrected chi connectivity index (χ2v) is 7.02. The molecule has 0 aliphatic carbocycles. The molecule has 1 aliphatic heterocycles. The molecule has 128 valence electrons. The topological polar surface area (TPSA) is 69.9 Å². The van der Waals surface area contributed by atoms with Crippen LogP contribution in [0.15, 0.2) is 30.3 Å². The summed E-state index contributed by atoms with van der Waals surface area (Å²) in [6.07, 6.45) is 1.63. The van der Waals surface area contributed by atoms with Crippen LogP contribution in [0.3, 0.4) is 0 Å². The molecule has 0 radical (unpaired) electrons. The maximum atomic E-state index is 10.2. The van der Waals surface area contributed by atoms with Gasteiger partial charge < -0.3 is 24.5 Å². The van der Waals surface area contributed by atoms with Crippen LogP contribution in [0.5, 0.6) is 23.0 Å². The van der Waals surface area contributed by atoms with Gasteiger partial charge in [-0.25, -0.2) is 0 Å².